The Morgan fingerprint density at radius 1 is 1.27 bits per heavy atom. The lowest BCUT2D eigenvalue weighted by molar-refractivity contribution is -0.139. The van der Waals surface area contributed by atoms with E-state index in [0.29, 0.717) is 31.9 Å². The fourth-order valence-corrected chi connectivity index (χ4v) is 5.25. The van der Waals surface area contributed by atoms with Crippen LogP contribution in [0.15, 0.2) is 62.8 Å². The smallest absolute Gasteiger partial charge is 0.338 e. The van der Waals surface area contributed by atoms with E-state index < -0.39 is 12.0 Å². The van der Waals surface area contributed by atoms with E-state index in [2.05, 4.69) is 4.99 Å². The van der Waals surface area contributed by atoms with Crippen LogP contribution < -0.4 is 19.6 Å². The minimum absolute atomic E-state index is 0.197. The highest BCUT2D eigenvalue weighted by atomic mass is 32.1. The van der Waals surface area contributed by atoms with Crippen molar-refractivity contribution in [2.24, 2.45) is 4.99 Å². The molecule has 1 aromatic carbocycles. The molecule has 0 aliphatic carbocycles. The van der Waals surface area contributed by atoms with E-state index in [9.17, 15) is 9.59 Å². The Bertz CT molecular complexity index is 1300. The number of methoxy groups -OCH3 is 1. The lowest BCUT2D eigenvalue weighted by Crippen LogP contribution is -2.40. The number of aromatic nitrogens is 1. The zero-order valence-corrected chi connectivity index (χ0v) is 18.4. The predicted molar refractivity (Wildman–Crippen MR) is 118 cm³/mol. The highest BCUT2D eigenvalue weighted by Crippen LogP contribution is 2.35. The second kappa shape index (κ2) is 8.41. The number of esters is 1. The number of rotatable bonds is 5. The number of allylic oxidation sites excluding steroid dienone is 1. The summed E-state index contributed by atoms with van der Waals surface area (Å²) in [5.74, 6) is 0.106. The molecule has 0 unspecified atom stereocenters. The van der Waals surface area contributed by atoms with Crippen LogP contribution in [0.1, 0.15) is 30.3 Å². The summed E-state index contributed by atoms with van der Waals surface area (Å²) >= 11 is 2.87. The van der Waals surface area contributed by atoms with Gasteiger partial charge in [0.05, 0.1) is 29.5 Å². The number of nitrogens with zero attached hydrogens (tertiary/aromatic N) is 2. The molecule has 1 atom stereocenters. The summed E-state index contributed by atoms with van der Waals surface area (Å²) in [6.45, 7) is 3.75. The van der Waals surface area contributed by atoms with Crippen molar-refractivity contribution in [3.8, 4) is 5.75 Å². The molecular formula is C22H20N2O4S2. The van der Waals surface area contributed by atoms with Gasteiger partial charge < -0.3 is 9.47 Å². The van der Waals surface area contributed by atoms with Gasteiger partial charge in [0.25, 0.3) is 5.56 Å². The molecule has 30 heavy (non-hydrogen) atoms. The maximum absolute atomic E-state index is 13.4. The van der Waals surface area contributed by atoms with Crippen molar-refractivity contribution in [2.75, 3.05) is 13.7 Å². The molecule has 0 bridgehead atoms. The number of carbonyl (C=O) groups excluding carboxylic acids is 1. The average Bonchev–Trinajstić information content (AvgIpc) is 3.35. The second-order valence-electron chi connectivity index (χ2n) is 6.56. The number of benzene rings is 1. The van der Waals surface area contributed by atoms with Crippen LogP contribution in [0, 0.1) is 0 Å². The number of carbonyl (C=O) groups is 1. The van der Waals surface area contributed by atoms with E-state index in [1.54, 1.807) is 36.9 Å². The van der Waals surface area contributed by atoms with E-state index in [-0.39, 0.29) is 12.2 Å². The standard InChI is InChI=1S/C22H20N2O4S2/c1-4-28-21(26)18-13(2)23-22-24(19(18)15-9-5-6-10-16(15)27-3)20(25)17(30-22)12-14-8-7-11-29-14/h5-12,19H,4H2,1-3H3/b17-12+/t19-/m1/s1. The first-order valence-electron chi connectivity index (χ1n) is 9.41. The molecule has 2 aromatic heterocycles. The number of para-hydroxylation sites is 1. The molecule has 3 aromatic rings. The Balaban J connectivity index is 2.01. The van der Waals surface area contributed by atoms with Crippen molar-refractivity contribution in [1.82, 2.24) is 4.57 Å². The number of fused-ring (bicyclic) bond motifs is 1. The van der Waals surface area contributed by atoms with Gasteiger partial charge in [-0.3, -0.25) is 9.36 Å². The van der Waals surface area contributed by atoms with Crippen LogP contribution >= 0.6 is 22.7 Å². The van der Waals surface area contributed by atoms with Crippen molar-refractivity contribution < 1.29 is 14.3 Å². The first-order valence-corrected chi connectivity index (χ1v) is 11.1. The van der Waals surface area contributed by atoms with Crippen molar-refractivity contribution >= 4 is 34.7 Å². The summed E-state index contributed by atoms with van der Waals surface area (Å²) < 4.78 is 13.0. The van der Waals surface area contributed by atoms with E-state index in [1.165, 1.54) is 11.3 Å². The molecule has 3 heterocycles. The molecule has 4 rings (SSSR count). The van der Waals surface area contributed by atoms with E-state index in [4.69, 9.17) is 9.47 Å². The molecule has 6 nitrogen and oxygen atoms in total. The Kier molecular flexibility index (Phi) is 5.69. The second-order valence-corrected chi connectivity index (χ2v) is 8.55. The fraction of sp³-hybridized carbons (Fsp3) is 0.227. The van der Waals surface area contributed by atoms with Crippen molar-refractivity contribution in [3.63, 3.8) is 0 Å². The molecule has 0 saturated carbocycles. The Morgan fingerprint density at radius 2 is 2.07 bits per heavy atom. The van der Waals surface area contributed by atoms with Crippen molar-refractivity contribution in [3.05, 3.63) is 83.2 Å². The van der Waals surface area contributed by atoms with Crippen LogP contribution in [0.5, 0.6) is 5.75 Å². The van der Waals surface area contributed by atoms with E-state index in [1.807, 2.05) is 47.9 Å². The fourth-order valence-electron chi connectivity index (χ4n) is 3.48. The molecule has 1 aliphatic rings. The largest absolute Gasteiger partial charge is 0.496 e. The topological polar surface area (TPSA) is 69.9 Å². The van der Waals surface area contributed by atoms with Gasteiger partial charge in [0.2, 0.25) is 0 Å². The molecule has 0 fully saturated rings. The SMILES string of the molecule is CCOC(=O)C1=C(C)N=c2s/c(=C/c3cccs3)c(=O)n2[C@@H]1c1ccccc1OC. The Hall–Kier alpha value is -2.97. The van der Waals surface area contributed by atoms with Crippen LogP contribution in [0.3, 0.4) is 0 Å². The first kappa shape index (κ1) is 20.3. The van der Waals surface area contributed by atoms with Crippen molar-refractivity contribution in [2.45, 2.75) is 19.9 Å². The number of hydrogen-bond donors (Lipinski definition) is 0. The minimum atomic E-state index is -0.679. The maximum atomic E-state index is 13.4. The quantitative estimate of drug-likeness (QED) is 0.572. The molecule has 0 radical (unpaired) electrons. The number of thiophene rings is 1. The molecule has 0 N–H and O–H groups in total. The third-order valence-corrected chi connectivity index (χ3v) is 6.57. The lowest BCUT2D eigenvalue weighted by atomic mass is 9.95. The summed E-state index contributed by atoms with van der Waals surface area (Å²) in [6, 6.07) is 10.6. The molecule has 0 amide bonds. The van der Waals surface area contributed by atoms with Gasteiger partial charge in [0.15, 0.2) is 4.80 Å². The van der Waals surface area contributed by atoms with Gasteiger partial charge in [0, 0.05) is 10.4 Å². The zero-order valence-electron chi connectivity index (χ0n) is 16.7. The lowest BCUT2D eigenvalue weighted by Gasteiger charge is -2.25. The van der Waals surface area contributed by atoms with Crippen LogP contribution in [0.25, 0.3) is 6.08 Å². The van der Waals surface area contributed by atoms with Gasteiger partial charge in [-0.25, -0.2) is 9.79 Å². The normalized spacial score (nSPS) is 16.2. The number of hydrogen-bond acceptors (Lipinski definition) is 7. The van der Waals surface area contributed by atoms with Crippen LogP contribution in [0.2, 0.25) is 0 Å². The summed E-state index contributed by atoms with van der Waals surface area (Å²) in [5, 5.41) is 1.96. The molecule has 0 spiro atoms. The first-order chi connectivity index (χ1) is 14.5. The Morgan fingerprint density at radius 3 is 2.77 bits per heavy atom. The van der Waals surface area contributed by atoms with Gasteiger partial charge >= 0.3 is 5.97 Å². The van der Waals surface area contributed by atoms with Gasteiger partial charge in [-0.05, 0) is 37.4 Å². The molecular weight excluding hydrogens is 420 g/mol. The molecule has 8 heteroatoms. The molecule has 0 saturated heterocycles. The van der Waals surface area contributed by atoms with Crippen LogP contribution in [-0.2, 0) is 9.53 Å². The summed E-state index contributed by atoms with van der Waals surface area (Å²) in [4.78, 5) is 32.4. The number of ether oxygens (including phenoxy) is 2. The number of thiazole rings is 1. The third-order valence-electron chi connectivity index (χ3n) is 4.77. The van der Waals surface area contributed by atoms with Crippen molar-refractivity contribution in [1.29, 1.82) is 0 Å². The molecule has 1 aliphatic heterocycles. The van der Waals surface area contributed by atoms with Crippen LogP contribution in [-0.4, -0.2) is 24.3 Å². The van der Waals surface area contributed by atoms with Gasteiger partial charge in [-0.15, -0.1) is 11.3 Å². The van der Waals surface area contributed by atoms with Crippen LogP contribution in [0.4, 0.5) is 0 Å². The highest BCUT2D eigenvalue weighted by molar-refractivity contribution is 7.11. The molecule has 154 valence electrons. The summed E-state index contributed by atoms with van der Waals surface area (Å²) in [5.41, 5.74) is 1.39. The monoisotopic (exact) mass is 440 g/mol. The van der Waals surface area contributed by atoms with E-state index in [0.717, 1.165) is 4.88 Å². The average molecular weight is 441 g/mol. The Labute approximate surface area is 181 Å². The van der Waals surface area contributed by atoms with Gasteiger partial charge in [-0.1, -0.05) is 35.6 Å². The third kappa shape index (κ3) is 3.53. The maximum Gasteiger partial charge on any atom is 0.338 e. The van der Waals surface area contributed by atoms with Gasteiger partial charge in [0.1, 0.15) is 11.8 Å². The van der Waals surface area contributed by atoms with Gasteiger partial charge in [-0.2, -0.15) is 0 Å². The zero-order chi connectivity index (χ0) is 21.3. The summed E-state index contributed by atoms with van der Waals surface area (Å²) in [6.07, 6.45) is 1.86. The predicted octanol–water partition coefficient (Wildman–Crippen LogP) is 2.87. The minimum Gasteiger partial charge on any atom is -0.496 e. The summed E-state index contributed by atoms with van der Waals surface area (Å²) in [7, 11) is 1.57. The van der Waals surface area contributed by atoms with E-state index >= 15 is 0 Å². The highest BCUT2D eigenvalue weighted by Gasteiger charge is 2.34.